The number of ether oxygens (including phenoxy) is 1. The Labute approximate surface area is 120 Å². The summed E-state index contributed by atoms with van der Waals surface area (Å²) in [6.07, 6.45) is 6.71. The fourth-order valence-corrected chi connectivity index (χ4v) is 3.29. The van der Waals surface area contributed by atoms with Gasteiger partial charge in [0.1, 0.15) is 5.75 Å². The number of methoxy groups -OCH3 is 1. The molecule has 0 amide bonds. The van der Waals surface area contributed by atoms with Crippen molar-refractivity contribution in [3.05, 3.63) is 58.9 Å². The van der Waals surface area contributed by atoms with Gasteiger partial charge in [0.05, 0.1) is 7.11 Å². The largest absolute Gasteiger partial charge is 0.497 e. The second-order valence-electron chi connectivity index (χ2n) is 5.63. The molecule has 0 N–H and O–H groups in total. The van der Waals surface area contributed by atoms with Gasteiger partial charge in [-0.3, -0.25) is 4.98 Å². The van der Waals surface area contributed by atoms with Gasteiger partial charge in [-0.25, -0.2) is 0 Å². The standard InChI is InChI=1S/C18H21NO/c1-13-10-11-19-17-5-3-4-15(18(13)17)12-14-6-8-16(20-2)9-7-14/h6-11,15H,3-5,12H2,1-2H3. The minimum atomic E-state index is 0.612. The maximum Gasteiger partial charge on any atom is 0.118 e. The van der Waals surface area contributed by atoms with E-state index in [1.54, 1.807) is 7.11 Å². The van der Waals surface area contributed by atoms with Crippen molar-refractivity contribution in [3.8, 4) is 5.75 Å². The molecule has 1 heterocycles. The van der Waals surface area contributed by atoms with E-state index in [-0.39, 0.29) is 0 Å². The molecule has 20 heavy (non-hydrogen) atoms. The van der Waals surface area contributed by atoms with Crippen LogP contribution in [0.25, 0.3) is 0 Å². The molecule has 2 aromatic rings. The number of aryl methyl sites for hydroxylation is 2. The molecule has 0 bridgehead atoms. The van der Waals surface area contributed by atoms with Crippen LogP contribution in [-0.2, 0) is 12.8 Å². The molecule has 2 nitrogen and oxygen atoms in total. The lowest BCUT2D eigenvalue weighted by Gasteiger charge is -2.26. The molecular formula is C18H21NO. The summed E-state index contributed by atoms with van der Waals surface area (Å²) in [6.45, 7) is 2.22. The Kier molecular flexibility index (Phi) is 3.72. The van der Waals surface area contributed by atoms with Crippen LogP contribution in [0.1, 0.15) is 41.1 Å². The number of nitrogens with zero attached hydrogens (tertiary/aromatic N) is 1. The molecule has 1 atom stereocenters. The van der Waals surface area contributed by atoms with Gasteiger partial charge in [0.15, 0.2) is 0 Å². The van der Waals surface area contributed by atoms with E-state index in [2.05, 4.69) is 42.2 Å². The average molecular weight is 267 g/mol. The zero-order valence-corrected chi connectivity index (χ0v) is 12.2. The van der Waals surface area contributed by atoms with Gasteiger partial charge in [-0.2, -0.15) is 0 Å². The Morgan fingerprint density at radius 2 is 2.00 bits per heavy atom. The minimum absolute atomic E-state index is 0.612. The molecule has 0 spiro atoms. The molecule has 3 rings (SSSR count). The summed E-state index contributed by atoms with van der Waals surface area (Å²) in [5.74, 6) is 1.54. The number of hydrogen-bond donors (Lipinski definition) is 0. The van der Waals surface area contributed by atoms with E-state index < -0.39 is 0 Å². The van der Waals surface area contributed by atoms with Crippen LogP contribution < -0.4 is 4.74 Å². The summed E-state index contributed by atoms with van der Waals surface area (Å²) in [5.41, 5.74) is 5.59. The van der Waals surface area contributed by atoms with E-state index in [1.165, 1.54) is 35.2 Å². The Hall–Kier alpha value is -1.83. The van der Waals surface area contributed by atoms with Gasteiger partial charge >= 0.3 is 0 Å². The Balaban J connectivity index is 1.85. The van der Waals surface area contributed by atoms with Crippen molar-refractivity contribution in [1.82, 2.24) is 4.98 Å². The Morgan fingerprint density at radius 1 is 1.20 bits per heavy atom. The number of benzene rings is 1. The lowest BCUT2D eigenvalue weighted by molar-refractivity contribution is 0.414. The lowest BCUT2D eigenvalue weighted by atomic mass is 9.80. The van der Waals surface area contributed by atoms with E-state index in [0.29, 0.717) is 5.92 Å². The predicted octanol–water partition coefficient (Wildman–Crippen LogP) is 4.06. The molecule has 1 aromatic heterocycles. The molecule has 0 aliphatic heterocycles. The predicted molar refractivity (Wildman–Crippen MR) is 81.4 cm³/mol. The Morgan fingerprint density at radius 3 is 2.75 bits per heavy atom. The van der Waals surface area contributed by atoms with Gasteiger partial charge in [0.2, 0.25) is 0 Å². The van der Waals surface area contributed by atoms with Gasteiger partial charge in [0.25, 0.3) is 0 Å². The molecule has 0 saturated heterocycles. The number of aromatic nitrogens is 1. The summed E-state index contributed by atoms with van der Waals surface area (Å²) in [4.78, 5) is 4.58. The van der Waals surface area contributed by atoms with Gasteiger partial charge in [0, 0.05) is 11.9 Å². The maximum atomic E-state index is 5.22. The van der Waals surface area contributed by atoms with Gasteiger partial charge in [-0.1, -0.05) is 12.1 Å². The Bertz CT molecular complexity index is 589. The number of pyridine rings is 1. The van der Waals surface area contributed by atoms with Crippen molar-refractivity contribution in [3.63, 3.8) is 0 Å². The van der Waals surface area contributed by atoms with Crippen molar-refractivity contribution >= 4 is 0 Å². The van der Waals surface area contributed by atoms with E-state index in [9.17, 15) is 0 Å². The highest BCUT2D eigenvalue weighted by molar-refractivity contribution is 5.36. The zero-order valence-electron chi connectivity index (χ0n) is 12.2. The highest BCUT2D eigenvalue weighted by atomic mass is 16.5. The molecule has 0 radical (unpaired) electrons. The van der Waals surface area contributed by atoms with Crippen molar-refractivity contribution in [2.45, 2.75) is 38.5 Å². The third kappa shape index (κ3) is 2.55. The fraction of sp³-hybridized carbons (Fsp3) is 0.389. The van der Waals surface area contributed by atoms with Crippen LogP contribution in [-0.4, -0.2) is 12.1 Å². The van der Waals surface area contributed by atoms with Crippen molar-refractivity contribution in [2.24, 2.45) is 0 Å². The molecule has 1 aliphatic rings. The molecule has 0 saturated carbocycles. The number of rotatable bonds is 3. The second-order valence-corrected chi connectivity index (χ2v) is 5.63. The average Bonchev–Trinajstić information content (AvgIpc) is 2.48. The lowest BCUT2D eigenvalue weighted by Crippen LogP contribution is -2.15. The normalized spacial score (nSPS) is 17.6. The highest BCUT2D eigenvalue weighted by Gasteiger charge is 2.23. The van der Waals surface area contributed by atoms with Crippen LogP contribution in [0.4, 0.5) is 0 Å². The van der Waals surface area contributed by atoms with E-state index in [1.807, 2.05) is 6.20 Å². The first-order valence-electron chi connectivity index (χ1n) is 7.35. The summed E-state index contributed by atoms with van der Waals surface area (Å²) in [6, 6.07) is 10.6. The first kappa shape index (κ1) is 13.2. The minimum Gasteiger partial charge on any atom is -0.497 e. The highest BCUT2D eigenvalue weighted by Crippen LogP contribution is 2.35. The zero-order chi connectivity index (χ0) is 13.9. The third-order valence-corrected chi connectivity index (χ3v) is 4.31. The SMILES string of the molecule is COc1ccc(CC2CCCc3nccc(C)c32)cc1. The van der Waals surface area contributed by atoms with Crippen LogP contribution >= 0.6 is 0 Å². The van der Waals surface area contributed by atoms with Crippen LogP contribution in [0.15, 0.2) is 36.5 Å². The summed E-state index contributed by atoms with van der Waals surface area (Å²) in [5, 5.41) is 0. The second kappa shape index (κ2) is 5.66. The topological polar surface area (TPSA) is 22.1 Å². The molecule has 2 heteroatoms. The van der Waals surface area contributed by atoms with E-state index in [4.69, 9.17) is 4.74 Å². The van der Waals surface area contributed by atoms with Gasteiger partial charge in [-0.05, 0) is 73.4 Å². The smallest absolute Gasteiger partial charge is 0.118 e. The molecule has 104 valence electrons. The summed E-state index contributed by atoms with van der Waals surface area (Å²) >= 11 is 0. The van der Waals surface area contributed by atoms with Crippen LogP contribution in [0.3, 0.4) is 0 Å². The molecule has 1 aliphatic carbocycles. The van der Waals surface area contributed by atoms with Gasteiger partial charge < -0.3 is 4.74 Å². The molecule has 1 unspecified atom stereocenters. The summed E-state index contributed by atoms with van der Waals surface area (Å²) < 4.78 is 5.22. The first-order chi connectivity index (χ1) is 9.78. The van der Waals surface area contributed by atoms with Crippen LogP contribution in [0.2, 0.25) is 0 Å². The van der Waals surface area contributed by atoms with E-state index in [0.717, 1.165) is 18.6 Å². The van der Waals surface area contributed by atoms with Crippen molar-refractivity contribution in [2.75, 3.05) is 7.11 Å². The quantitative estimate of drug-likeness (QED) is 0.836. The van der Waals surface area contributed by atoms with Crippen molar-refractivity contribution < 1.29 is 4.74 Å². The van der Waals surface area contributed by atoms with Crippen LogP contribution in [0.5, 0.6) is 5.75 Å². The van der Waals surface area contributed by atoms with Crippen LogP contribution in [0, 0.1) is 6.92 Å². The molecular weight excluding hydrogens is 246 g/mol. The number of fused-ring (bicyclic) bond motifs is 1. The van der Waals surface area contributed by atoms with Crippen molar-refractivity contribution in [1.29, 1.82) is 0 Å². The molecule has 1 aromatic carbocycles. The molecule has 0 fully saturated rings. The summed E-state index contributed by atoms with van der Waals surface area (Å²) in [7, 11) is 1.71. The first-order valence-corrected chi connectivity index (χ1v) is 7.35. The van der Waals surface area contributed by atoms with E-state index >= 15 is 0 Å². The fourth-order valence-electron chi connectivity index (χ4n) is 3.29. The maximum absolute atomic E-state index is 5.22. The number of hydrogen-bond acceptors (Lipinski definition) is 2. The van der Waals surface area contributed by atoms with Gasteiger partial charge in [-0.15, -0.1) is 0 Å². The third-order valence-electron chi connectivity index (χ3n) is 4.31. The monoisotopic (exact) mass is 267 g/mol.